The Labute approximate surface area is 200 Å². The van der Waals surface area contributed by atoms with Crippen LogP contribution in [-0.2, 0) is 13.0 Å². The van der Waals surface area contributed by atoms with Gasteiger partial charge in [-0.05, 0) is 67.8 Å². The number of rotatable bonds is 10. The number of nitrogens with zero attached hydrogens (tertiary/aromatic N) is 2. The molecule has 1 N–H and O–H groups in total. The van der Waals surface area contributed by atoms with E-state index in [0.29, 0.717) is 17.9 Å². The van der Waals surface area contributed by atoms with Gasteiger partial charge in [0.25, 0.3) is 5.91 Å². The minimum Gasteiger partial charge on any atom is -0.497 e. The summed E-state index contributed by atoms with van der Waals surface area (Å²) in [5.41, 5.74) is 3.81. The number of fused-ring (bicyclic) bond motifs is 1. The van der Waals surface area contributed by atoms with Crippen LogP contribution in [0.3, 0.4) is 0 Å². The Kier molecular flexibility index (Phi) is 7.48. The molecule has 0 spiro atoms. The van der Waals surface area contributed by atoms with Crippen molar-refractivity contribution in [3.63, 3.8) is 0 Å². The van der Waals surface area contributed by atoms with Crippen LogP contribution in [0.4, 0.5) is 0 Å². The van der Waals surface area contributed by atoms with Crippen LogP contribution in [0.15, 0.2) is 72.8 Å². The predicted molar refractivity (Wildman–Crippen MR) is 135 cm³/mol. The molecule has 6 nitrogen and oxygen atoms in total. The molecular weight excluding hydrogens is 426 g/mol. The zero-order chi connectivity index (χ0) is 23.9. The third kappa shape index (κ3) is 5.39. The van der Waals surface area contributed by atoms with Crippen molar-refractivity contribution >= 4 is 16.9 Å². The second-order valence-corrected chi connectivity index (χ2v) is 8.24. The number of amides is 1. The fourth-order valence-electron chi connectivity index (χ4n) is 4.00. The van der Waals surface area contributed by atoms with Crippen LogP contribution in [0, 0.1) is 0 Å². The van der Waals surface area contributed by atoms with Crippen molar-refractivity contribution in [2.24, 2.45) is 0 Å². The van der Waals surface area contributed by atoms with Crippen molar-refractivity contribution < 1.29 is 14.3 Å². The number of aryl methyl sites for hydroxylation is 2. The molecule has 0 aliphatic rings. The number of methoxy groups -OCH3 is 1. The highest BCUT2D eigenvalue weighted by atomic mass is 16.5. The van der Waals surface area contributed by atoms with Crippen molar-refractivity contribution in [1.82, 2.24) is 14.9 Å². The summed E-state index contributed by atoms with van der Waals surface area (Å²) in [6.07, 6.45) is 1.84. The van der Waals surface area contributed by atoms with Crippen molar-refractivity contribution in [2.45, 2.75) is 39.3 Å². The number of para-hydroxylation sites is 2. The lowest BCUT2D eigenvalue weighted by atomic mass is 10.2. The van der Waals surface area contributed by atoms with Gasteiger partial charge >= 0.3 is 0 Å². The van der Waals surface area contributed by atoms with Crippen LogP contribution < -0.4 is 14.8 Å². The maximum atomic E-state index is 12.9. The lowest BCUT2D eigenvalue weighted by Gasteiger charge is -2.17. The van der Waals surface area contributed by atoms with Gasteiger partial charge in [-0.3, -0.25) is 4.79 Å². The summed E-state index contributed by atoms with van der Waals surface area (Å²) in [4.78, 5) is 17.7. The molecule has 1 unspecified atom stereocenters. The van der Waals surface area contributed by atoms with Gasteiger partial charge in [-0.2, -0.15) is 0 Å². The van der Waals surface area contributed by atoms with Gasteiger partial charge in [0.15, 0.2) is 0 Å². The summed E-state index contributed by atoms with van der Waals surface area (Å²) in [7, 11) is 1.59. The Morgan fingerprint density at radius 3 is 2.59 bits per heavy atom. The number of hydrogen-bond acceptors (Lipinski definition) is 4. The van der Waals surface area contributed by atoms with Crippen molar-refractivity contribution in [2.75, 3.05) is 13.7 Å². The molecule has 0 aliphatic heterocycles. The molecule has 0 radical (unpaired) electrons. The molecule has 0 saturated carbocycles. The molecule has 4 rings (SSSR count). The summed E-state index contributed by atoms with van der Waals surface area (Å²) in [6, 6.07) is 23.2. The molecule has 0 bridgehead atoms. The topological polar surface area (TPSA) is 65.4 Å². The predicted octanol–water partition coefficient (Wildman–Crippen LogP) is 5.57. The number of nitrogens with one attached hydrogen (secondary N) is 1. The van der Waals surface area contributed by atoms with Gasteiger partial charge in [0, 0.05) is 12.1 Å². The molecule has 0 saturated heterocycles. The molecule has 0 fully saturated rings. The first-order valence-electron chi connectivity index (χ1n) is 11.7. The highest BCUT2D eigenvalue weighted by Gasteiger charge is 2.19. The third-order valence-corrected chi connectivity index (χ3v) is 5.88. The van der Waals surface area contributed by atoms with E-state index in [4.69, 9.17) is 14.5 Å². The molecule has 1 atom stereocenters. The highest BCUT2D eigenvalue weighted by molar-refractivity contribution is 5.94. The fraction of sp³-hybridized carbons (Fsp3) is 0.286. The number of carbonyl (C=O) groups excluding carboxylic acids is 1. The number of benzene rings is 3. The lowest BCUT2D eigenvalue weighted by Crippen LogP contribution is -2.29. The fourth-order valence-corrected chi connectivity index (χ4v) is 4.00. The molecule has 1 amide bonds. The van der Waals surface area contributed by atoms with Gasteiger partial charge in [0.05, 0.1) is 30.8 Å². The van der Waals surface area contributed by atoms with Gasteiger partial charge in [-0.25, -0.2) is 4.98 Å². The Balaban J connectivity index is 1.46. The van der Waals surface area contributed by atoms with Gasteiger partial charge in [0.1, 0.15) is 17.3 Å². The van der Waals surface area contributed by atoms with Crippen LogP contribution in [-0.4, -0.2) is 29.2 Å². The average molecular weight is 458 g/mol. The number of hydrogen-bond donors (Lipinski definition) is 1. The second kappa shape index (κ2) is 10.9. The molecule has 1 heterocycles. The second-order valence-electron chi connectivity index (χ2n) is 8.24. The van der Waals surface area contributed by atoms with E-state index < -0.39 is 0 Å². The number of ether oxygens (including phenoxy) is 2. The SMILES string of the molecule is CCc1ccc(OCCCn2c(C(C)NC(=O)c3cccc(OC)c3)nc3ccccc32)cc1. The first-order valence-corrected chi connectivity index (χ1v) is 11.7. The zero-order valence-corrected chi connectivity index (χ0v) is 20.0. The van der Waals surface area contributed by atoms with Crippen molar-refractivity contribution in [3.8, 4) is 11.5 Å². The number of imidazole rings is 1. The van der Waals surface area contributed by atoms with Crippen LogP contribution in [0.1, 0.15) is 48.1 Å². The molecule has 176 valence electrons. The Morgan fingerprint density at radius 2 is 1.82 bits per heavy atom. The van der Waals surface area contributed by atoms with E-state index in [9.17, 15) is 4.79 Å². The molecule has 1 aromatic heterocycles. The zero-order valence-electron chi connectivity index (χ0n) is 20.0. The summed E-state index contributed by atoms with van der Waals surface area (Å²) in [5.74, 6) is 2.19. The van der Waals surface area contributed by atoms with Crippen molar-refractivity contribution in [3.05, 3.63) is 89.7 Å². The summed E-state index contributed by atoms with van der Waals surface area (Å²) < 4.78 is 13.4. The quantitative estimate of drug-likeness (QED) is 0.316. The maximum Gasteiger partial charge on any atom is 0.251 e. The van der Waals surface area contributed by atoms with Gasteiger partial charge in [0.2, 0.25) is 0 Å². The molecule has 34 heavy (non-hydrogen) atoms. The third-order valence-electron chi connectivity index (χ3n) is 5.88. The lowest BCUT2D eigenvalue weighted by molar-refractivity contribution is 0.0937. The van der Waals surface area contributed by atoms with Gasteiger partial charge < -0.3 is 19.4 Å². The molecule has 3 aromatic carbocycles. The minimum atomic E-state index is -0.270. The van der Waals surface area contributed by atoms with Crippen LogP contribution in [0.2, 0.25) is 0 Å². The van der Waals surface area contributed by atoms with Crippen LogP contribution in [0.5, 0.6) is 11.5 Å². The van der Waals surface area contributed by atoms with Crippen molar-refractivity contribution in [1.29, 1.82) is 0 Å². The monoisotopic (exact) mass is 457 g/mol. The van der Waals surface area contributed by atoms with E-state index in [2.05, 4.69) is 35.0 Å². The van der Waals surface area contributed by atoms with E-state index in [1.165, 1.54) is 5.56 Å². The summed E-state index contributed by atoms with van der Waals surface area (Å²) in [5, 5.41) is 3.08. The van der Waals surface area contributed by atoms with Gasteiger partial charge in [-0.1, -0.05) is 37.3 Å². The normalized spacial score (nSPS) is 11.9. The van der Waals surface area contributed by atoms with E-state index in [0.717, 1.165) is 42.0 Å². The van der Waals surface area contributed by atoms with Gasteiger partial charge in [-0.15, -0.1) is 0 Å². The molecular formula is C28H31N3O3. The van der Waals surface area contributed by atoms with Crippen LogP contribution in [0.25, 0.3) is 11.0 Å². The minimum absolute atomic E-state index is 0.163. The molecule has 4 aromatic rings. The number of carbonyl (C=O) groups is 1. The van der Waals surface area contributed by atoms with E-state index >= 15 is 0 Å². The van der Waals surface area contributed by atoms with E-state index in [-0.39, 0.29) is 11.9 Å². The van der Waals surface area contributed by atoms with E-state index in [1.54, 1.807) is 19.2 Å². The average Bonchev–Trinajstić information content (AvgIpc) is 3.25. The smallest absolute Gasteiger partial charge is 0.251 e. The first kappa shape index (κ1) is 23.4. The van der Waals surface area contributed by atoms with Crippen LogP contribution >= 0.6 is 0 Å². The first-order chi connectivity index (χ1) is 16.6. The molecule has 0 aliphatic carbocycles. The Morgan fingerprint density at radius 1 is 1.03 bits per heavy atom. The Hall–Kier alpha value is -3.80. The Bertz CT molecular complexity index is 1250. The maximum absolute atomic E-state index is 12.9. The van der Waals surface area contributed by atoms with E-state index in [1.807, 2.05) is 49.4 Å². The number of aromatic nitrogens is 2. The molecule has 6 heteroatoms. The largest absolute Gasteiger partial charge is 0.497 e. The standard InChI is InChI=1S/C28H31N3O3/c1-4-21-13-15-23(16-14-21)34-18-8-17-31-26-12-6-5-11-25(26)30-27(31)20(2)29-28(32)22-9-7-10-24(19-22)33-3/h5-7,9-16,19-20H,4,8,17-18H2,1-3H3,(H,29,32). The summed E-state index contributed by atoms with van der Waals surface area (Å²) >= 11 is 0. The highest BCUT2D eigenvalue weighted by Crippen LogP contribution is 2.22. The summed E-state index contributed by atoms with van der Waals surface area (Å²) in [6.45, 7) is 5.44.